The zero-order chi connectivity index (χ0) is 19.0. The number of amides is 1. The summed E-state index contributed by atoms with van der Waals surface area (Å²) in [6, 6.07) is 6.61. The van der Waals surface area contributed by atoms with Gasteiger partial charge in [-0.15, -0.1) is 11.3 Å². The van der Waals surface area contributed by atoms with Gasteiger partial charge >= 0.3 is 0 Å². The molecule has 0 aliphatic carbocycles. The first kappa shape index (κ1) is 18.6. The van der Waals surface area contributed by atoms with Gasteiger partial charge in [0, 0.05) is 21.9 Å². The van der Waals surface area contributed by atoms with Gasteiger partial charge in [0.25, 0.3) is 5.56 Å². The van der Waals surface area contributed by atoms with Gasteiger partial charge < -0.3 is 5.73 Å². The van der Waals surface area contributed by atoms with Gasteiger partial charge in [0.2, 0.25) is 5.91 Å². The van der Waals surface area contributed by atoms with E-state index >= 15 is 0 Å². The van der Waals surface area contributed by atoms with Gasteiger partial charge in [-0.1, -0.05) is 30.7 Å². The molecule has 0 radical (unpaired) electrons. The Morgan fingerprint density at radius 2 is 2.00 bits per heavy atom. The fraction of sp³-hybridized carbons (Fsp3) is 0.316. The number of rotatable bonds is 5. The molecule has 0 saturated carbocycles. The second kappa shape index (κ2) is 7.21. The molecule has 0 fully saturated rings. The number of hydrogen-bond donors (Lipinski definition) is 1. The minimum Gasteiger partial charge on any atom is -0.368 e. The van der Waals surface area contributed by atoms with Crippen molar-refractivity contribution >= 4 is 39.1 Å². The number of carbonyl (C=O) groups excluding carboxylic acids is 1. The Kier molecular flexibility index (Phi) is 5.16. The Balaban J connectivity index is 2.37. The lowest BCUT2D eigenvalue weighted by Crippen LogP contribution is -2.35. The van der Waals surface area contributed by atoms with E-state index in [2.05, 4.69) is 0 Å². The van der Waals surface area contributed by atoms with Crippen LogP contribution in [-0.4, -0.2) is 15.5 Å². The number of aryl methyl sites for hydroxylation is 2. The molecule has 7 heteroatoms. The van der Waals surface area contributed by atoms with Gasteiger partial charge in [-0.25, -0.2) is 4.98 Å². The molecular formula is C19H20ClN3O2S. The van der Waals surface area contributed by atoms with Crippen molar-refractivity contribution in [2.45, 2.75) is 39.7 Å². The topological polar surface area (TPSA) is 78.0 Å². The van der Waals surface area contributed by atoms with Gasteiger partial charge in [0.1, 0.15) is 16.7 Å². The number of halogens is 1. The van der Waals surface area contributed by atoms with Gasteiger partial charge in [-0.05, 0) is 38.0 Å². The highest BCUT2D eigenvalue weighted by Crippen LogP contribution is 2.36. The van der Waals surface area contributed by atoms with Gasteiger partial charge in [0.15, 0.2) is 0 Å². The van der Waals surface area contributed by atoms with E-state index in [4.69, 9.17) is 22.3 Å². The molecule has 2 aromatic heterocycles. The van der Waals surface area contributed by atoms with E-state index in [1.54, 1.807) is 19.1 Å². The van der Waals surface area contributed by atoms with Crippen LogP contribution in [0.1, 0.15) is 37.0 Å². The Morgan fingerprint density at radius 1 is 1.35 bits per heavy atom. The summed E-state index contributed by atoms with van der Waals surface area (Å²) in [5.41, 5.74) is 7.00. The number of primary amides is 1. The fourth-order valence-electron chi connectivity index (χ4n) is 3.11. The second-order valence-electron chi connectivity index (χ2n) is 6.25. The number of benzene rings is 1. The predicted octanol–water partition coefficient (Wildman–Crippen LogP) is 4.09. The molecule has 136 valence electrons. The molecule has 1 amide bonds. The molecule has 1 unspecified atom stereocenters. The minimum atomic E-state index is -0.751. The molecule has 0 aliphatic rings. The Labute approximate surface area is 160 Å². The van der Waals surface area contributed by atoms with Crippen LogP contribution in [0, 0.1) is 6.92 Å². The van der Waals surface area contributed by atoms with Crippen molar-refractivity contribution in [3.63, 3.8) is 0 Å². The van der Waals surface area contributed by atoms with Crippen LogP contribution in [0.2, 0.25) is 5.02 Å². The van der Waals surface area contributed by atoms with E-state index in [9.17, 15) is 9.59 Å². The summed E-state index contributed by atoms with van der Waals surface area (Å²) in [5, 5.41) is 1.16. The van der Waals surface area contributed by atoms with Crippen molar-refractivity contribution < 1.29 is 4.79 Å². The molecule has 2 heterocycles. The molecule has 1 aromatic carbocycles. The van der Waals surface area contributed by atoms with Gasteiger partial charge in [-0.3, -0.25) is 14.2 Å². The van der Waals surface area contributed by atoms with Crippen molar-refractivity contribution in [2.75, 3.05) is 0 Å². The molecule has 0 aliphatic heterocycles. The number of hydrogen-bond acceptors (Lipinski definition) is 4. The normalized spacial score (nSPS) is 12.5. The van der Waals surface area contributed by atoms with Gasteiger partial charge in [0.05, 0.1) is 5.39 Å². The first-order chi connectivity index (χ1) is 12.3. The molecule has 5 nitrogen and oxygen atoms in total. The maximum absolute atomic E-state index is 13.3. The number of nitrogens with zero attached hydrogens (tertiary/aromatic N) is 2. The van der Waals surface area contributed by atoms with Crippen LogP contribution in [0.4, 0.5) is 0 Å². The van der Waals surface area contributed by atoms with Crippen molar-refractivity contribution in [2.24, 2.45) is 5.73 Å². The fourth-order valence-corrected chi connectivity index (χ4v) is 4.29. The summed E-state index contributed by atoms with van der Waals surface area (Å²) in [5.74, 6) is 0.0470. The second-order valence-corrected chi connectivity index (χ2v) is 7.89. The van der Waals surface area contributed by atoms with Crippen molar-refractivity contribution in [1.29, 1.82) is 0 Å². The molecule has 0 bridgehead atoms. The van der Waals surface area contributed by atoms with Crippen LogP contribution >= 0.6 is 22.9 Å². The monoisotopic (exact) mass is 389 g/mol. The highest BCUT2D eigenvalue weighted by atomic mass is 35.5. The summed E-state index contributed by atoms with van der Waals surface area (Å²) in [7, 11) is 0. The third kappa shape index (κ3) is 3.15. The molecule has 0 spiro atoms. The van der Waals surface area contributed by atoms with Crippen LogP contribution < -0.4 is 11.3 Å². The first-order valence-electron chi connectivity index (χ1n) is 8.44. The smallest absolute Gasteiger partial charge is 0.263 e. The largest absolute Gasteiger partial charge is 0.368 e. The maximum atomic E-state index is 13.3. The molecule has 2 N–H and O–H groups in total. The van der Waals surface area contributed by atoms with Crippen LogP contribution in [0.3, 0.4) is 0 Å². The van der Waals surface area contributed by atoms with Crippen molar-refractivity contribution in [1.82, 2.24) is 9.55 Å². The number of carbonyl (C=O) groups is 1. The molecule has 3 rings (SSSR count). The van der Waals surface area contributed by atoms with E-state index < -0.39 is 11.9 Å². The minimum absolute atomic E-state index is 0.223. The third-order valence-corrected chi connectivity index (χ3v) is 5.66. The van der Waals surface area contributed by atoms with E-state index in [0.29, 0.717) is 27.5 Å². The molecule has 1 atom stereocenters. The standard InChI is InChI=1S/C19H20ClN3O2S/c1-4-5-14-22-18-16(19(25)23(14)10(2)17(21)24)15(11(3)26-18)12-6-8-13(20)9-7-12/h6-10H,4-5H2,1-3H3,(H2,21,24). The van der Waals surface area contributed by atoms with Crippen LogP contribution in [0.5, 0.6) is 0 Å². The van der Waals surface area contributed by atoms with Crippen molar-refractivity contribution in [3.8, 4) is 11.1 Å². The number of thiophene rings is 1. The van der Waals surface area contributed by atoms with E-state index in [1.165, 1.54) is 15.9 Å². The van der Waals surface area contributed by atoms with Crippen LogP contribution in [0.15, 0.2) is 29.1 Å². The Bertz CT molecular complexity index is 1040. The molecule has 0 saturated heterocycles. The lowest BCUT2D eigenvalue weighted by molar-refractivity contribution is -0.120. The van der Waals surface area contributed by atoms with Crippen LogP contribution in [-0.2, 0) is 11.2 Å². The van der Waals surface area contributed by atoms with E-state index in [1.807, 2.05) is 26.0 Å². The quantitative estimate of drug-likeness (QED) is 0.713. The lowest BCUT2D eigenvalue weighted by atomic mass is 10.0. The lowest BCUT2D eigenvalue weighted by Gasteiger charge is -2.16. The predicted molar refractivity (Wildman–Crippen MR) is 107 cm³/mol. The average Bonchev–Trinajstić information content (AvgIpc) is 2.92. The van der Waals surface area contributed by atoms with Crippen molar-refractivity contribution in [3.05, 3.63) is 50.3 Å². The van der Waals surface area contributed by atoms with Crippen LogP contribution in [0.25, 0.3) is 21.3 Å². The maximum Gasteiger partial charge on any atom is 0.263 e. The number of aromatic nitrogens is 2. The summed E-state index contributed by atoms with van der Waals surface area (Å²) in [6.07, 6.45) is 1.42. The highest BCUT2D eigenvalue weighted by molar-refractivity contribution is 7.19. The van der Waals surface area contributed by atoms with Gasteiger partial charge in [-0.2, -0.15) is 0 Å². The summed E-state index contributed by atoms with van der Waals surface area (Å²) in [6.45, 7) is 5.61. The average molecular weight is 390 g/mol. The van der Waals surface area contributed by atoms with E-state index in [-0.39, 0.29) is 5.56 Å². The summed E-state index contributed by atoms with van der Waals surface area (Å²) in [4.78, 5) is 31.5. The molecule has 3 aromatic rings. The van der Waals surface area contributed by atoms with E-state index in [0.717, 1.165) is 22.4 Å². The zero-order valence-corrected chi connectivity index (χ0v) is 16.4. The molecular weight excluding hydrogens is 370 g/mol. The zero-order valence-electron chi connectivity index (χ0n) is 14.9. The number of fused-ring (bicyclic) bond motifs is 1. The summed E-state index contributed by atoms with van der Waals surface area (Å²) < 4.78 is 1.44. The Hall–Kier alpha value is -2.18. The highest BCUT2D eigenvalue weighted by Gasteiger charge is 2.23. The number of nitrogens with two attached hydrogens (primary N) is 1. The third-order valence-electron chi connectivity index (χ3n) is 4.41. The summed E-state index contributed by atoms with van der Waals surface area (Å²) >= 11 is 7.48. The first-order valence-corrected chi connectivity index (χ1v) is 9.64. The molecule has 26 heavy (non-hydrogen) atoms. The Morgan fingerprint density at radius 3 is 2.58 bits per heavy atom. The SMILES string of the molecule is CCCc1nc2sc(C)c(-c3ccc(Cl)cc3)c2c(=O)n1C(C)C(N)=O.